The van der Waals surface area contributed by atoms with E-state index in [2.05, 4.69) is 4.90 Å². The zero-order chi connectivity index (χ0) is 23.4. The lowest BCUT2D eigenvalue weighted by atomic mass is 10.1. The van der Waals surface area contributed by atoms with E-state index in [0.717, 1.165) is 18.8 Å². The van der Waals surface area contributed by atoms with Crippen molar-refractivity contribution in [3.8, 4) is 0 Å². The normalized spacial score (nSPS) is 16.6. The maximum atomic E-state index is 14.1. The highest BCUT2D eigenvalue weighted by Gasteiger charge is 2.32. The number of piperazine rings is 1. The Morgan fingerprint density at radius 2 is 1.45 bits per heavy atom. The van der Waals surface area contributed by atoms with Crippen molar-refractivity contribution in [2.75, 3.05) is 68.4 Å². The average molecular weight is 455 g/mol. The van der Waals surface area contributed by atoms with Gasteiger partial charge in [0.15, 0.2) is 0 Å². The predicted octanol–water partition coefficient (Wildman–Crippen LogP) is 2.55. The van der Waals surface area contributed by atoms with Crippen molar-refractivity contribution in [1.82, 2.24) is 0 Å². The highest BCUT2D eigenvalue weighted by Crippen LogP contribution is 2.29. The van der Waals surface area contributed by atoms with Crippen LogP contribution in [0, 0.1) is 5.82 Å². The number of para-hydroxylation sites is 1. The molecule has 0 aliphatic carbocycles. The van der Waals surface area contributed by atoms with Gasteiger partial charge in [0.1, 0.15) is 18.2 Å². The van der Waals surface area contributed by atoms with Gasteiger partial charge in [-0.2, -0.15) is 0 Å². The summed E-state index contributed by atoms with van der Waals surface area (Å²) in [5.74, 6) is -1.48. The van der Waals surface area contributed by atoms with E-state index in [9.17, 15) is 14.0 Å². The quantitative estimate of drug-likeness (QED) is 0.637. The maximum absolute atomic E-state index is 14.1. The van der Waals surface area contributed by atoms with Gasteiger partial charge in [-0.15, -0.1) is 0 Å². The highest BCUT2D eigenvalue weighted by atomic mass is 19.1. The number of esters is 2. The van der Waals surface area contributed by atoms with Crippen molar-refractivity contribution in [1.29, 1.82) is 0 Å². The molecule has 0 radical (unpaired) electrons. The summed E-state index contributed by atoms with van der Waals surface area (Å²) in [6.07, 6.45) is 0. The molecule has 2 aromatic rings. The summed E-state index contributed by atoms with van der Waals surface area (Å²) < 4.78 is 29.3. The van der Waals surface area contributed by atoms with Crippen LogP contribution >= 0.6 is 0 Å². The Morgan fingerprint density at radius 1 is 0.848 bits per heavy atom. The van der Waals surface area contributed by atoms with Crippen LogP contribution in [0.4, 0.5) is 21.5 Å². The molecular formula is C24H26FN3O5. The van der Waals surface area contributed by atoms with Gasteiger partial charge in [0.05, 0.1) is 32.1 Å². The smallest absolute Gasteiger partial charge is 0.355 e. The number of rotatable bonds is 5. The molecule has 1 saturated heterocycles. The van der Waals surface area contributed by atoms with E-state index in [1.807, 2.05) is 35.2 Å². The molecule has 0 aromatic heterocycles. The number of hydrogen-bond acceptors (Lipinski definition) is 8. The van der Waals surface area contributed by atoms with Crippen molar-refractivity contribution < 1.29 is 28.2 Å². The summed E-state index contributed by atoms with van der Waals surface area (Å²) in [5, 5.41) is 0. The largest absolute Gasteiger partial charge is 0.466 e. The van der Waals surface area contributed by atoms with Crippen LogP contribution in [0.15, 0.2) is 59.8 Å². The zero-order valence-electron chi connectivity index (χ0n) is 18.6. The van der Waals surface area contributed by atoms with E-state index >= 15 is 0 Å². The van der Waals surface area contributed by atoms with Crippen LogP contribution in [0.25, 0.3) is 0 Å². The number of hydrogen-bond donors (Lipinski definition) is 0. The number of nitrogens with zero attached hydrogens (tertiary/aromatic N) is 3. The molecule has 0 N–H and O–H groups in total. The second-order valence-electron chi connectivity index (χ2n) is 7.66. The van der Waals surface area contributed by atoms with E-state index in [4.69, 9.17) is 14.2 Å². The minimum absolute atomic E-state index is 0.0298. The predicted molar refractivity (Wildman–Crippen MR) is 122 cm³/mol. The van der Waals surface area contributed by atoms with Crippen LogP contribution in [-0.4, -0.2) is 65.7 Å². The van der Waals surface area contributed by atoms with E-state index in [0.29, 0.717) is 24.5 Å². The van der Waals surface area contributed by atoms with E-state index in [1.54, 1.807) is 17.0 Å². The van der Waals surface area contributed by atoms with Gasteiger partial charge < -0.3 is 28.9 Å². The molecule has 0 unspecified atom stereocenters. The topological polar surface area (TPSA) is 71.6 Å². The lowest BCUT2D eigenvalue weighted by molar-refractivity contribution is -0.140. The number of benzene rings is 2. The first-order chi connectivity index (χ1) is 16.0. The van der Waals surface area contributed by atoms with E-state index < -0.39 is 11.9 Å². The molecule has 9 heteroatoms. The number of ether oxygens (including phenoxy) is 3. The van der Waals surface area contributed by atoms with Crippen LogP contribution in [0.3, 0.4) is 0 Å². The third kappa shape index (κ3) is 4.63. The molecule has 174 valence electrons. The molecule has 4 rings (SSSR count). The SMILES string of the molecule is COC(=O)C1=C(C(=O)OC)N(c2ccc(N3CCN(c4ccccc4F)CC3)cc2)COC1. The summed E-state index contributed by atoms with van der Waals surface area (Å²) in [6, 6.07) is 14.5. The Hall–Kier alpha value is -3.59. The molecular weight excluding hydrogens is 429 g/mol. The monoisotopic (exact) mass is 455 g/mol. The Kier molecular flexibility index (Phi) is 6.79. The van der Waals surface area contributed by atoms with Gasteiger partial charge in [-0.1, -0.05) is 12.1 Å². The van der Waals surface area contributed by atoms with Crippen LogP contribution in [0.2, 0.25) is 0 Å². The maximum Gasteiger partial charge on any atom is 0.355 e. The van der Waals surface area contributed by atoms with Crippen LogP contribution in [0.1, 0.15) is 0 Å². The van der Waals surface area contributed by atoms with Crippen LogP contribution in [0.5, 0.6) is 0 Å². The van der Waals surface area contributed by atoms with Crippen molar-refractivity contribution >= 4 is 29.0 Å². The third-order valence-corrected chi connectivity index (χ3v) is 5.83. The molecule has 2 aliphatic heterocycles. The molecule has 0 saturated carbocycles. The van der Waals surface area contributed by atoms with E-state index in [-0.39, 0.29) is 30.4 Å². The lowest BCUT2D eigenvalue weighted by Gasteiger charge is -2.37. The zero-order valence-corrected chi connectivity index (χ0v) is 18.6. The van der Waals surface area contributed by atoms with E-state index in [1.165, 1.54) is 20.3 Å². The molecule has 0 bridgehead atoms. The van der Waals surface area contributed by atoms with Gasteiger partial charge in [-0.25, -0.2) is 14.0 Å². The van der Waals surface area contributed by atoms with Gasteiger partial charge in [0.2, 0.25) is 0 Å². The van der Waals surface area contributed by atoms with Gasteiger partial charge in [-0.05, 0) is 36.4 Å². The molecule has 2 aromatic carbocycles. The molecule has 8 nitrogen and oxygen atoms in total. The van der Waals surface area contributed by atoms with Crippen molar-refractivity contribution in [2.45, 2.75) is 0 Å². The Bertz CT molecular complexity index is 1050. The molecule has 33 heavy (non-hydrogen) atoms. The van der Waals surface area contributed by atoms with Crippen LogP contribution < -0.4 is 14.7 Å². The van der Waals surface area contributed by atoms with Crippen molar-refractivity contribution in [3.63, 3.8) is 0 Å². The first-order valence-electron chi connectivity index (χ1n) is 10.6. The highest BCUT2D eigenvalue weighted by molar-refractivity contribution is 6.03. The van der Waals surface area contributed by atoms with Gasteiger partial charge in [-0.3, -0.25) is 0 Å². The fourth-order valence-corrected chi connectivity index (χ4v) is 4.10. The van der Waals surface area contributed by atoms with Gasteiger partial charge in [0, 0.05) is 37.6 Å². The fourth-order valence-electron chi connectivity index (χ4n) is 4.10. The fraction of sp³-hybridized carbons (Fsp3) is 0.333. The molecule has 2 aliphatic rings. The molecule has 0 atom stereocenters. The van der Waals surface area contributed by atoms with Crippen molar-refractivity contribution in [2.24, 2.45) is 0 Å². The number of carbonyl (C=O) groups is 2. The minimum atomic E-state index is -0.635. The number of halogens is 1. The Balaban J connectivity index is 1.50. The summed E-state index contributed by atoms with van der Waals surface area (Å²) >= 11 is 0. The number of anilines is 3. The summed E-state index contributed by atoms with van der Waals surface area (Å²) in [7, 11) is 2.52. The summed E-state index contributed by atoms with van der Waals surface area (Å²) in [6.45, 7) is 2.99. The molecule has 2 heterocycles. The molecule has 1 fully saturated rings. The molecule has 0 amide bonds. The second-order valence-corrected chi connectivity index (χ2v) is 7.66. The standard InChI is InChI=1S/C24H26FN3O5/c1-31-23(29)19-15-33-16-28(22(19)24(30)32-2)18-9-7-17(8-10-18)26-11-13-27(14-12-26)21-6-4-3-5-20(21)25/h3-10H,11-16H2,1-2H3. The second kappa shape index (κ2) is 9.91. The van der Waals surface area contributed by atoms with Gasteiger partial charge >= 0.3 is 11.9 Å². The van der Waals surface area contributed by atoms with Crippen molar-refractivity contribution in [3.05, 3.63) is 65.6 Å². The average Bonchev–Trinajstić information content (AvgIpc) is 2.88. The summed E-state index contributed by atoms with van der Waals surface area (Å²) in [5.41, 5.74) is 2.55. The number of carbonyl (C=O) groups excluding carboxylic acids is 2. The lowest BCUT2D eigenvalue weighted by Crippen LogP contribution is -2.46. The first-order valence-corrected chi connectivity index (χ1v) is 10.6. The van der Waals surface area contributed by atoms with Crippen LogP contribution in [-0.2, 0) is 23.8 Å². The summed E-state index contributed by atoms with van der Waals surface area (Å²) in [4.78, 5) is 30.5. The Morgan fingerprint density at radius 3 is 2.09 bits per heavy atom. The third-order valence-electron chi connectivity index (χ3n) is 5.83. The van der Waals surface area contributed by atoms with Gasteiger partial charge in [0.25, 0.3) is 0 Å². The molecule has 0 spiro atoms. The number of methoxy groups -OCH3 is 2. The Labute approximate surface area is 191 Å². The first kappa shape index (κ1) is 22.6. The minimum Gasteiger partial charge on any atom is -0.466 e.